The first-order chi connectivity index (χ1) is 15.9. The molecule has 7 nitrogen and oxygen atoms in total. The van der Waals surface area contributed by atoms with E-state index in [1.165, 1.54) is 33.6 Å². The predicted molar refractivity (Wildman–Crippen MR) is 131 cm³/mol. The highest BCUT2D eigenvalue weighted by Crippen LogP contribution is 2.26. The van der Waals surface area contributed by atoms with Gasteiger partial charge >= 0.3 is 0 Å². The van der Waals surface area contributed by atoms with E-state index in [0.29, 0.717) is 18.0 Å². The second-order valence-corrected chi connectivity index (χ2v) is 10.6. The number of amides is 1. The third kappa shape index (κ3) is 5.37. The first-order valence-corrected chi connectivity index (χ1v) is 12.8. The van der Waals surface area contributed by atoms with Gasteiger partial charge in [-0.25, -0.2) is 8.42 Å². The number of fused-ring (bicyclic) bond motifs is 1. The summed E-state index contributed by atoms with van der Waals surface area (Å²) >= 11 is 1.17. The van der Waals surface area contributed by atoms with E-state index in [1.54, 1.807) is 41.8 Å². The Balaban J connectivity index is 1.22. The SMILES string of the molecule is CN(c1ccc(OCC(=O)NCCCc2c[nH]c3ccccc23)cc1)S(=O)(=O)c1cccs1. The van der Waals surface area contributed by atoms with Crippen LogP contribution >= 0.6 is 11.3 Å². The Morgan fingerprint density at radius 1 is 1.09 bits per heavy atom. The number of nitrogens with one attached hydrogen (secondary N) is 2. The number of benzene rings is 2. The lowest BCUT2D eigenvalue weighted by Gasteiger charge is -2.18. The van der Waals surface area contributed by atoms with Crippen LogP contribution in [0.25, 0.3) is 10.9 Å². The standard InChI is InChI=1S/C24H25N3O4S2/c1-27(33(29,30)24-9-5-15-32-24)19-10-12-20(13-11-19)31-17-23(28)25-14-4-6-18-16-26-22-8-3-2-7-21(18)22/h2-3,5,7-13,15-16,26H,4,6,14,17H2,1H3,(H,25,28). The van der Waals surface area contributed by atoms with E-state index in [9.17, 15) is 13.2 Å². The van der Waals surface area contributed by atoms with Crippen LogP contribution in [0, 0.1) is 0 Å². The van der Waals surface area contributed by atoms with Crippen LogP contribution in [0.15, 0.2) is 76.4 Å². The molecule has 1 amide bonds. The molecule has 0 aliphatic heterocycles. The lowest BCUT2D eigenvalue weighted by Crippen LogP contribution is -2.30. The molecule has 2 heterocycles. The molecule has 172 valence electrons. The number of ether oxygens (including phenoxy) is 1. The van der Waals surface area contributed by atoms with Gasteiger partial charge in [0.2, 0.25) is 0 Å². The van der Waals surface area contributed by atoms with E-state index in [1.807, 2.05) is 24.4 Å². The van der Waals surface area contributed by atoms with Crippen molar-refractivity contribution in [3.63, 3.8) is 0 Å². The Labute approximate surface area is 197 Å². The molecule has 0 saturated carbocycles. The third-order valence-corrected chi connectivity index (χ3v) is 8.46. The number of nitrogens with zero attached hydrogens (tertiary/aromatic N) is 1. The summed E-state index contributed by atoms with van der Waals surface area (Å²) in [6, 6.07) is 18.1. The van der Waals surface area contributed by atoms with Gasteiger partial charge in [0.25, 0.3) is 15.9 Å². The van der Waals surface area contributed by atoms with Crippen LogP contribution in [0.2, 0.25) is 0 Å². The molecule has 4 aromatic rings. The smallest absolute Gasteiger partial charge is 0.273 e. The van der Waals surface area contributed by atoms with Crippen LogP contribution in [-0.2, 0) is 21.2 Å². The van der Waals surface area contributed by atoms with Gasteiger partial charge in [0.05, 0.1) is 5.69 Å². The van der Waals surface area contributed by atoms with Crippen molar-refractivity contribution in [2.24, 2.45) is 0 Å². The number of aryl methyl sites for hydroxylation is 1. The minimum absolute atomic E-state index is 0.101. The summed E-state index contributed by atoms with van der Waals surface area (Å²) in [6.45, 7) is 0.460. The number of rotatable bonds is 10. The molecule has 0 bridgehead atoms. The van der Waals surface area contributed by atoms with Gasteiger partial charge in [-0.2, -0.15) is 0 Å². The number of sulfonamides is 1. The zero-order valence-electron chi connectivity index (χ0n) is 18.2. The summed E-state index contributed by atoms with van der Waals surface area (Å²) in [5.41, 5.74) is 2.87. The maximum Gasteiger partial charge on any atom is 0.273 e. The molecule has 33 heavy (non-hydrogen) atoms. The molecule has 0 saturated heterocycles. The lowest BCUT2D eigenvalue weighted by molar-refractivity contribution is -0.123. The quantitative estimate of drug-likeness (QED) is 0.331. The second-order valence-electron chi connectivity index (χ2n) is 7.50. The van der Waals surface area contributed by atoms with Gasteiger partial charge < -0.3 is 15.0 Å². The topological polar surface area (TPSA) is 91.5 Å². The van der Waals surface area contributed by atoms with Gasteiger partial charge in [-0.15, -0.1) is 11.3 Å². The number of anilines is 1. The normalized spacial score (nSPS) is 11.4. The third-order valence-electron chi connectivity index (χ3n) is 5.30. The first kappa shape index (κ1) is 22.9. The number of hydrogen-bond donors (Lipinski definition) is 2. The van der Waals surface area contributed by atoms with E-state index in [0.717, 1.165) is 18.4 Å². The number of aromatic amines is 1. The fourth-order valence-corrected chi connectivity index (χ4v) is 5.84. The van der Waals surface area contributed by atoms with Crippen LogP contribution in [0.5, 0.6) is 5.75 Å². The van der Waals surface area contributed by atoms with E-state index >= 15 is 0 Å². The first-order valence-electron chi connectivity index (χ1n) is 10.5. The van der Waals surface area contributed by atoms with Crippen molar-refractivity contribution >= 4 is 43.9 Å². The summed E-state index contributed by atoms with van der Waals surface area (Å²) in [5.74, 6) is 0.296. The Morgan fingerprint density at radius 2 is 1.88 bits per heavy atom. The van der Waals surface area contributed by atoms with Gasteiger partial charge in [0, 0.05) is 30.7 Å². The summed E-state index contributed by atoms with van der Waals surface area (Å²) in [6.07, 6.45) is 3.71. The molecule has 0 spiro atoms. The molecule has 0 atom stereocenters. The molecule has 2 N–H and O–H groups in total. The maximum atomic E-state index is 12.6. The number of hydrogen-bond acceptors (Lipinski definition) is 5. The highest BCUT2D eigenvalue weighted by Gasteiger charge is 2.22. The number of para-hydroxylation sites is 1. The van der Waals surface area contributed by atoms with E-state index in [2.05, 4.69) is 16.4 Å². The zero-order chi connectivity index (χ0) is 23.3. The molecule has 0 fully saturated rings. The van der Waals surface area contributed by atoms with Gasteiger partial charge in [0.15, 0.2) is 6.61 Å². The highest BCUT2D eigenvalue weighted by molar-refractivity contribution is 7.94. The molecular weight excluding hydrogens is 458 g/mol. The highest BCUT2D eigenvalue weighted by atomic mass is 32.2. The van der Waals surface area contributed by atoms with Crippen molar-refractivity contribution in [3.05, 3.63) is 77.8 Å². The van der Waals surface area contributed by atoms with Crippen molar-refractivity contribution in [2.45, 2.75) is 17.1 Å². The van der Waals surface area contributed by atoms with Crippen molar-refractivity contribution < 1.29 is 17.9 Å². The Hall–Kier alpha value is -3.30. The van der Waals surface area contributed by atoms with Gasteiger partial charge in [-0.3, -0.25) is 9.10 Å². The summed E-state index contributed by atoms with van der Waals surface area (Å²) < 4.78 is 32.3. The summed E-state index contributed by atoms with van der Waals surface area (Å²) in [5, 5.41) is 5.81. The van der Waals surface area contributed by atoms with Gasteiger partial charge in [-0.1, -0.05) is 24.3 Å². The maximum absolute atomic E-state index is 12.6. The number of carbonyl (C=O) groups excluding carboxylic acids is 1. The molecule has 0 unspecified atom stereocenters. The lowest BCUT2D eigenvalue weighted by atomic mass is 10.1. The van der Waals surface area contributed by atoms with Crippen molar-refractivity contribution in [1.29, 1.82) is 0 Å². The van der Waals surface area contributed by atoms with Gasteiger partial charge in [0.1, 0.15) is 9.96 Å². The molecular formula is C24H25N3O4S2. The largest absolute Gasteiger partial charge is 0.484 e. The number of aromatic nitrogens is 1. The molecule has 4 rings (SSSR count). The average molecular weight is 484 g/mol. The van der Waals surface area contributed by atoms with Crippen LogP contribution in [0.1, 0.15) is 12.0 Å². The van der Waals surface area contributed by atoms with Crippen LogP contribution in [0.4, 0.5) is 5.69 Å². The minimum atomic E-state index is -3.58. The van der Waals surface area contributed by atoms with Crippen molar-refractivity contribution in [3.8, 4) is 5.75 Å². The Bertz CT molecular complexity index is 1310. The molecule has 2 aromatic heterocycles. The van der Waals surface area contributed by atoms with Crippen LogP contribution in [-0.4, -0.2) is 39.5 Å². The van der Waals surface area contributed by atoms with E-state index < -0.39 is 10.0 Å². The molecule has 9 heteroatoms. The average Bonchev–Trinajstić information content (AvgIpc) is 3.51. The molecule has 0 aliphatic rings. The predicted octanol–water partition coefficient (Wildman–Crippen LogP) is 4.18. The van der Waals surface area contributed by atoms with Gasteiger partial charge in [-0.05, 0) is 60.2 Å². The molecule has 0 aliphatic carbocycles. The molecule has 2 aromatic carbocycles. The fourth-order valence-electron chi connectivity index (χ4n) is 3.48. The Kier molecular flexibility index (Phi) is 7.00. The summed E-state index contributed by atoms with van der Waals surface area (Å²) in [7, 11) is -2.08. The second kappa shape index (κ2) is 10.1. The van der Waals surface area contributed by atoms with E-state index in [4.69, 9.17) is 4.74 Å². The monoisotopic (exact) mass is 483 g/mol. The van der Waals surface area contributed by atoms with Crippen molar-refractivity contribution in [1.82, 2.24) is 10.3 Å². The summed E-state index contributed by atoms with van der Waals surface area (Å²) in [4.78, 5) is 15.4. The fraction of sp³-hybridized carbons (Fsp3) is 0.208. The Morgan fingerprint density at radius 3 is 2.64 bits per heavy atom. The number of H-pyrrole nitrogens is 1. The van der Waals surface area contributed by atoms with E-state index in [-0.39, 0.29) is 16.7 Å². The number of carbonyl (C=O) groups is 1. The van der Waals surface area contributed by atoms with Crippen molar-refractivity contribution in [2.75, 3.05) is 24.5 Å². The minimum Gasteiger partial charge on any atom is -0.484 e. The van der Waals surface area contributed by atoms with Crippen LogP contribution < -0.4 is 14.4 Å². The molecule has 0 radical (unpaired) electrons. The zero-order valence-corrected chi connectivity index (χ0v) is 19.8. The number of thiophene rings is 1. The van der Waals surface area contributed by atoms with Crippen LogP contribution in [0.3, 0.4) is 0 Å².